The fourth-order valence-corrected chi connectivity index (χ4v) is 4.48. The van der Waals surface area contributed by atoms with Gasteiger partial charge in [0.1, 0.15) is 6.54 Å². The van der Waals surface area contributed by atoms with E-state index in [1.54, 1.807) is 23.9 Å². The molecule has 2 rings (SSSR count). The summed E-state index contributed by atoms with van der Waals surface area (Å²) in [6.45, 7) is 4.03. The number of halogens is 1. The number of nitrogens with one attached hydrogen (secondary N) is 1. The van der Waals surface area contributed by atoms with Crippen LogP contribution < -0.4 is 9.62 Å². The highest BCUT2D eigenvalue weighted by atomic mass is 35.5. The molecule has 2 aromatic rings. The Bertz CT molecular complexity index is 916. The van der Waals surface area contributed by atoms with Gasteiger partial charge in [-0.1, -0.05) is 23.7 Å². The number of anilines is 1. The molecule has 2 aromatic carbocycles. The van der Waals surface area contributed by atoms with Gasteiger partial charge in [-0.15, -0.1) is 11.8 Å². The largest absolute Gasteiger partial charge is 0.354 e. The Hall–Kier alpha value is -1.70. The quantitative estimate of drug-likeness (QED) is 0.472. The Morgan fingerprint density at radius 1 is 1.14 bits per heavy atom. The molecule has 1 amide bonds. The zero-order chi connectivity index (χ0) is 20.7. The number of aryl methyl sites for hydroxylation is 1. The molecule has 0 fully saturated rings. The number of carbonyl (C=O) groups excluding carboxylic acids is 1. The average Bonchev–Trinajstić information content (AvgIpc) is 2.63. The standard InChI is InChI=1S/C20H25ClN2O3S2/c1-15-6-4-7-19(16(15)2)23(28(3,25)26)14-20(24)22-12-5-13-27-18-10-8-17(21)9-11-18/h4,6-11H,5,12-14H2,1-3H3,(H,22,24). The number of carbonyl (C=O) groups is 1. The maximum Gasteiger partial charge on any atom is 0.240 e. The summed E-state index contributed by atoms with van der Waals surface area (Å²) >= 11 is 7.55. The van der Waals surface area contributed by atoms with Gasteiger partial charge in [-0.3, -0.25) is 9.10 Å². The van der Waals surface area contributed by atoms with Crippen LogP contribution in [0.15, 0.2) is 47.4 Å². The van der Waals surface area contributed by atoms with Gasteiger partial charge in [-0.05, 0) is 67.5 Å². The first kappa shape index (κ1) is 22.6. The van der Waals surface area contributed by atoms with Crippen molar-refractivity contribution in [1.29, 1.82) is 0 Å². The van der Waals surface area contributed by atoms with E-state index in [9.17, 15) is 13.2 Å². The summed E-state index contributed by atoms with van der Waals surface area (Å²) < 4.78 is 25.6. The lowest BCUT2D eigenvalue weighted by Gasteiger charge is -2.24. The maximum absolute atomic E-state index is 12.3. The van der Waals surface area contributed by atoms with Crippen LogP contribution in [-0.2, 0) is 14.8 Å². The molecule has 28 heavy (non-hydrogen) atoms. The van der Waals surface area contributed by atoms with Crippen molar-refractivity contribution >= 4 is 45.0 Å². The number of nitrogens with zero attached hydrogens (tertiary/aromatic N) is 1. The first-order valence-electron chi connectivity index (χ1n) is 8.87. The fourth-order valence-electron chi connectivity index (χ4n) is 2.59. The SMILES string of the molecule is Cc1cccc(N(CC(=O)NCCCSc2ccc(Cl)cc2)S(C)(=O)=O)c1C. The van der Waals surface area contributed by atoms with Gasteiger partial charge in [-0.25, -0.2) is 8.42 Å². The van der Waals surface area contributed by atoms with E-state index in [-0.39, 0.29) is 12.5 Å². The van der Waals surface area contributed by atoms with Gasteiger partial charge in [0.05, 0.1) is 11.9 Å². The predicted molar refractivity (Wildman–Crippen MR) is 118 cm³/mol. The monoisotopic (exact) mass is 440 g/mol. The van der Waals surface area contributed by atoms with Crippen molar-refractivity contribution in [1.82, 2.24) is 5.32 Å². The third-order valence-corrected chi connectivity index (χ3v) is 6.73. The van der Waals surface area contributed by atoms with Crippen molar-refractivity contribution in [3.05, 3.63) is 58.6 Å². The van der Waals surface area contributed by atoms with Crippen molar-refractivity contribution in [3.8, 4) is 0 Å². The van der Waals surface area contributed by atoms with Gasteiger partial charge >= 0.3 is 0 Å². The Morgan fingerprint density at radius 2 is 1.82 bits per heavy atom. The van der Waals surface area contributed by atoms with E-state index in [1.165, 1.54) is 0 Å². The Labute approximate surface area is 176 Å². The van der Waals surface area contributed by atoms with E-state index in [0.717, 1.165) is 38.8 Å². The number of thioether (sulfide) groups is 1. The van der Waals surface area contributed by atoms with Crippen LogP contribution in [0.3, 0.4) is 0 Å². The number of sulfonamides is 1. The first-order valence-corrected chi connectivity index (χ1v) is 12.1. The molecule has 0 bridgehead atoms. The third-order valence-electron chi connectivity index (χ3n) is 4.26. The summed E-state index contributed by atoms with van der Waals surface area (Å²) in [7, 11) is -3.57. The van der Waals surface area contributed by atoms with Crippen molar-refractivity contribution in [2.45, 2.75) is 25.2 Å². The minimum Gasteiger partial charge on any atom is -0.354 e. The number of amides is 1. The molecule has 0 radical (unpaired) electrons. The second kappa shape index (κ2) is 10.2. The van der Waals surface area contributed by atoms with Gasteiger partial charge in [-0.2, -0.15) is 0 Å². The number of hydrogen-bond acceptors (Lipinski definition) is 4. The zero-order valence-electron chi connectivity index (χ0n) is 16.2. The molecule has 0 aliphatic rings. The van der Waals surface area contributed by atoms with Crippen LogP contribution in [0.25, 0.3) is 0 Å². The molecule has 0 aliphatic heterocycles. The van der Waals surface area contributed by atoms with E-state index in [2.05, 4.69) is 5.32 Å². The second-order valence-electron chi connectivity index (χ2n) is 6.49. The molecule has 0 saturated heterocycles. The third kappa shape index (κ3) is 6.72. The summed E-state index contributed by atoms with van der Waals surface area (Å²) in [5.41, 5.74) is 2.36. The molecular weight excluding hydrogens is 416 g/mol. The van der Waals surface area contributed by atoms with Crippen molar-refractivity contribution in [2.75, 3.05) is 29.4 Å². The van der Waals surface area contributed by atoms with E-state index in [4.69, 9.17) is 11.6 Å². The highest BCUT2D eigenvalue weighted by molar-refractivity contribution is 7.99. The molecule has 0 aromatic heterocycles. The molecule has 152 valence electrons. The van der Waals surface area contributed by atoms with Gasteiger partial charge in [0.25, 0.3) is 0 Å². The number of hydrogen-bond donors (Lipinski definition) is 1. The van der Waals surface area contributed by atoms with Crippen molar-refractivity contribution < 1.29 is 13.2 Å². The molecule has 8 heteroatoms. The maximum atomic E-state index is 12.3. The Kier molecular flexibility index (Phi) is 8.22. The lowest BCUT2D eigenvalue weighted by molar-refractivity contribution is -0.119. The molecule has 0 atom stereocenters. The minimum atomic E-state index is -3.57. The van der Waals surface area contributed by atoms with Crippen molar-refractivity contribution in [2.24, 2.45) is 0 Å². The molecular formula is C20H25ClN2O3S2. The molecule has 5 nitrogen and oxygen atoms in total. The normalized spacial score (nSPS) is 11.3. The topological polar surface area (TPSA) is 66.5 Å². The first-order chi connectivity index (χ1) is 13.2. The number of benzene rings is 2. The number of rotatable bonds is 9. The highest BCUT2D eigenvalue weighted by Gasteiger charge is 2.22. The van der Waals surface area contributed by atoms with Crippen LogP contribution in [-0.4, -0.2) is 39.4 Å². The summed E-state index contributed by atoms with van der Waals surface area (Å²) in [6, 6.07) is 13.0. The zero-order valence-corrected chi connectivity index (χ0v) is 18.6. The van der Waals surface area contributed by atoms with Crippen LogP contribution >= 0.6 is 23.4 Å². The van der Waals surface area contributed by atoms with E-state index in [1.807, 2.05) is 44.2 Å². The van der Waals surface area contributed by atoms with Gasteiger partial charge in [0, 0.05) is 16.5 Å². The van der Waals surface area contributed by atoms with Gasteiger partial charge < -0.3 is 5.32 Å². The van der Waals surface area contributed by atoms with Crippen LogP contribution in [0, 0.1) is 13.8 Å². The summed E-state index contributed by atoms with van der Waals surface area (Å²) in [6.07, 6.45) is 1.90. The summed E-state index contributed by atoms with van der Waals surface area (Å²) in [5, 5.41) is 3.51. The fraction of sp³-hybridized carbons (Fsp3) is 0.350. The van der Waals surface area contributed by atoms with Crippen LogP contribution in [0.5, 0.6) is 0 Å². The van der Waals surface area contributed by atoms with Gasteiger partial charge in [0.15, 0.2) is 0 Å². The summed E-state index contributed by atoms with van der Waals surface area (Å²) in [4.78, 5) is 13.4. The lowest BCUT2D eigenvalue weighted by Crippen LogP contribution is -2.41. The molecule has 1 N–H and O–H groups in total. The molecule has 0 saturated carbocycles. The molecule has 0 aliphatic carbocycles. The molecule has 0 unspecified atom stereocenters. The summed E-state index contributed by atoms with van der Waals surface area (Å²) in [5.74, 6) is 0.525. The second-order valence-corrected chi connectivity index (χ2v) is 10.0. The Balaban J connectivity index is 1.87. The van der Waals surface area contributed by atoms with Crippen molar-refractivity contribution in [3.63, 3.8) is 0 Å². The molecule has 0 spiro atoms. The Morgan fingerprint density at radius 3 is 2.46 bits per heavy atom. The van der Waals surface area contributed by atoms with E-state index < -0.39 is 10.0 Å². The van der Waals surface area contributed by atoms with Crippen LogP contribution in [0.1, 0.15) is 17.5 Å². The smallest absolute Gasteiger partial charge is 0.240 e. The van der Waals surface area contributed by atoms with Crippen LogP contribution in [0.4, 0.5) is 5.69 Å². The van der Waals surface area contributed by atoms with Gasteiger partial charge in [0.2, 0.25) is 15.9 Å². The molecule has 0 heterocycles. The minimum absolute atomic E-state index is 0.229. The van der Waals surface area contributed by atoms with E-state index in [0.29, 0.717) is 17.3 Å². The highest BCUT2D eigenvalue weighted by Crippen LogP contribution is 2.24. The lowest BCUT2D eigenvalue weighted by atomic mass is 10.1. The van der Waals surface area contributed by atoms with E-state index >= 15 is 0 Å². The van der Waals surface area contributed by atoms with Crippen LogP contribution in [0.2, 0.25) is 5.02 Å². The average molecular weight is 441 g/mol. The predicted octanol–water partition coefficient (Wildman–Crippen LogP) is 4.02.